The van der Waals surface area contributed by atoms with Gasteiger partial charge in [0.1, 0.15) is 30.5 Å². The second-order valence-electron chi connectivity index (χ2n) is 7.73. The van der Waals surface area contributed by atoms with E-state index >= 15 is 0 Å². The van der Waals surface area contributed by atoms with Crippen LogP contribution in [0.3, 0.4) is 0 Å². The number of halogens is 2. The van der Waals surface area contributed by atoms with E-state index < -0.39 is 89.8 Å². The molecule has 0 saturated carbocycles. The Morgan fingerprint density at radius 1 is 0.800 bits per heavy atom. The van der Waals surface area contributed by atoms with E-state index in [1.54, 1.807) is 9.97 Å². The summed E-state index contributed by atoms with van der Waals surface area (Å²) in [6.45, 7) is 0.927. The quantitative estimate of drug-likeness (QED) is 0.209. The van der Waals surface area contributed by atoms with Gasteiger partial charge < -0.3 is 35.0 Å². The maximum Gasteiger partial charge on any atom is 0.330 e. The maximum atomic E-state index is 13.1. The van der Waals surface area contributed by atoms with Gasteiger partial charge in [0.15, 0.2) is 12.5 Å². The first-order valence-corrected chi connectivity index (χ1v) is 10.0. The predicted molar refractivity (Wildman–Crippen MR) is 107 cm³/mol. The molecule has 2 aromatic heterocycles. The Morgan fingerprint density at radius 2 is 1.23 bits per heavy atom. The standard InChI is InChI=1S/C9H11FN2O6.C9H11FN2O5/c10-3-1-12(9(17)11-7(3)16)8-6(15)5(14)4(2-13)18-8;1-3-5(13)6(14)8(17-3)12-2-4(10)7(15)11-9(12)16/h1,4-6,8,13-15H,2H2,(H,11,16,17);2-3,5-6,8,13-14H,1H3,(H,11,15,16)/t4-,5-,6-,8-;3-,5-,6-,8-/m11/s1. The molecule has 17 heteroatoms. The zero-order valence-corrected chi connectivity index (χ0v) is 17.8. The molecule has 2 aliphatic rings. The predicted octanol–water partition coefficient (Wildman–Crippen LogP) is -4.40. The first-order chi connectivity index (χ1) is 16.4. The molecule has 0 amide bonds. The molecule has 0 radical (unpaired) electrons. The summed E-state index contributed by atoms with van der Waals surface area (Å²) in [7, 11) is 0. The lowest BCUT2D eigenvalue weighted by molar-refractivity contribution is -0.0554. The van der Waals surface area contributed by atoms with Crippen LogP contribution >= 0.6 is 0 Å². The minimum absolute atomic E-state index is 0.571. The third-order valence-corrected chi connectivity index (χ3v) is 5.39. The number of aromatic nitrogens is 4. The van der Waals surface area contributed by atoms with Crippen LogP contribution in [-0.2, 0) is 9.47 Å². The van der Waals surface area contributed by atoms with Crippen molar-refractivity contribution in [2.24, 2.45) is 0 Å². The van der Waals surface area contributed by atoms with E-state index in [1.165, 1.54) is 6.92 Å². The van der Waals surface area contributed by atoms with Crippen LogP contribution in [0.5, 0.6) is 0 Å². The molecule has 2 fully saturated rings. The van der Waals surface area contributed by atoms with Crippen molar-refractivity contribution in [1.82, 2.24) is 19.1 Å². The minimum Gasteiger partial charge on any atom is -0.394 e. The van der Waals surface area contributed by atoms with Gasteiger partial charge in [0.05, 0.1) is 25.1 Å². The Labute approximate surface area is 192 Å². The van der Waals surface area contributed by atoms with Crippen molar-refractivity contribution >= 4 is 0 Å². The van der Waals surface area contributed by atoms with Crippen LogP contribution in [0.15, 0.2) is 31.6 Å². The molecule has 0 unspecified atom stereocenters. The van der Waals surface area contributed by atoms with Crippen LogP contribution in [0.25, 0.3) is 0 Å². The number of nitrogens with one attached hydrogen (secondary N) is 2. The van der Waals surface area contributed by atoms with E-state index in [-0.39, 0.29) is 0 Å². The number of rotatable bonds is 3. The molecule has 0 aliphatic carbocycles. The van der Waals surface area contributed by atoms with Crippen molar-refractivity contribution in [2.75, 3.05) is 6.61 Å². The molecule has 4 heterocycles. The number of aromatic amines is 2. The molecule has 8 atom stereocenters. The fraction of sp³-hybridized carbons (Fsp3) is 0.556. The van der Waals surface area contributed by atoms with Gasteiger partial charge in [0.2, 0.25) is 11.6 Å². The van der Waals surface area contributed by atoms with Crippen molar-refractivity contribution in [2.45, 2.75) is 56.0 Å². The third kappa shape index (κ3) is 5.15. The molecule has 4 rings (SSSR count). The Bertz CT molecular complexity index is 1290. The molecular formula is C18H22F2N4O11. The Kier molecular flexibility index (Phi) is 7.80. The lowest BCUT2D eigenvalue weighted by atomic mass is 10.1. The summed E-state index contributed by atoms with van der Waals surface area (Å²) in [5, 5.41) is 47.1. The number of hydrogen-bond donors (Lipinski definition) is 7. The zero-order chi connectivity index (χ0) is 26.2. The summed E-state index contributed by atoms with van der Waals surface area (Å²) in [5.74, 6) is -2.40. The van der Waals surface area contributed by atoms with Crippen LogP contribution in [0, 0.1) is 11.6 Å². The highest BCUT2D eigenvalue weighted by molar-refractivity contribution is 4.95. The number of ether oxygens (including phenoxy) is 2. The minimum atomic E-state index is -1.52. The first kappa shape index (κ1) is 26.5. The molecule has 0 bridgehead atoms. The number of H-pyrrole nitrogens is 2. The summed E-state index contributed by atoms with van der Waals surface area (Å²) in [4.78, 5) is 47.9. The molecule has 35 heavy (non-hydrogen) atoms. The highest BCUT2D eigenvalue weighted by Gasteiger charge is 2.44. The van der Waals surface area contributed by atoms with Crippen LogP contribution in [-0.4, -0.2) is 87.9 Å². The fourth-order valence-electron chi connectivity index (χ4n) is 3.47. The fourth-order valence-corrected chi connectivity index (χ4v) is 3.47. The highest BCUT2D eigenvalue weighted by atomic mass is 19.1. The van der Waals surface area contributed by atoms with Gasteiger partial charge in [-0.15, -0.1) is 0 Å². The molecule has 7 N–H and O–H groups in total. The summed E-state index contributed by atoms with van der Waals surface area (Å²) in [6, 6.07) is 0. The second kappa shape index (κ2) is 10.3. The van der Waals surface area contributed by atoms with E-state index in [1.807, 2.05) is 0 Å². The summed E-state index contributed by atoms with van der Waals surface area (Å²) < 4.78 is 37.6. The number of aliphatic hydroxyl groups excluding tert-OH is 5. The van der Waals surface area contributed by atoms with E-state index in [9.17, 15) is 48.4 Å². The van der Waals surface area contributed by atoms with Crippen LogP contribution in [0.2, 0.25) is 0 Å². The number of hydrogen-bond acceptors (Lipinski definition) is 11. The van der Waals surface area contributed by atoms with Gasteiger partial charge >= 0.3 is 11.4 Å². The van der Waals surface area contributed by atoms with Crippen molar-refractivity contribution in [3.8, 4) is 0 Å². The molecule has 0 aromatic carbocycles. The van der Waals surface area contributed by atoms with Gasteiger partial charge in [-0.3, -0.25) is 28.7 Å². The van der Waals surface area contributed by atoms with Crippen molar-refractivity contribution in [1.29, 1.82) is 0 Å². The number of nitrogens with zero attached hydrogens (tertiary/aromatic N) is 2. The van der Waals surface area contributed by atoms with Gasteiger partial charge in [0, 0.05) is 0 Å². The van der Waals surface area contributed by atoms with Crippen molar-refractivity contribution < 1.29 is 43.8 Å². The Morgan fingerprint density at radius 3 is 1.60 bits per heavy atom. The van der Waals surface area contributed by atoms with E-state index in [0.29, 0.717) is 21.5 Å². The average molecular weight is 508 g/mol. The lowest BCUT2D eigenvalue weighted by Gasteiger charge is -2.16. The monoisotopic (exact) mass is 508 g/mol. The Hall–Kier alpha value is -3.06. The van der Waals surface area contributed by atoms with Crippen LogP contribution in [0.4, 0.5) is 8.78 Å². The van der Waals surface area contributed by atoms with Crippen LogP contribution in [0.1, 0.15) is 19.4 Å². The third-order valence-electron chi connectivity index (χ3n) is 5.39. The molecule has 0 spiro atoms. The van der Waals surface area contributed by atoms with Crippen molar-refractivity contribution in [3.63, 3.8) is 0 Å². The summed E-state index contributed by atoms with van der Waals surface area (Å²) in [6.07, 6.45) is -8.66. The summed E-state index contributed by atoms with van der Waals surface area (Å²) >= 11 is 0. The van der Waals surface area contributed by atoms with Gasteiger partial charge in [-0.05, 0) is 6.92 Å². The molecule has 2 saturated heterocycles. The Balaban J connectivity index is 0.000000196. The lowest BCUT2D eigenvalue weighted by Crippen LogP contribution is -2.38. The topological polar surface area (TPSA) is 229 Å². The van der Waals surface area contributed by atoms with E-state index in [0.717, 1.165) is 0 Å². The average Bonchev–Trinajstić information content (AvgIpc) is 3.23. The highest BCUT2D eigenvalue weighted by Crippen LogP contribution is 2.28. The molecular weight excluding hydrogens is 486 g/mol. The molecule has 15 nitrogen and oxygen atoms in total. The van der Waals surface area contributed by atoms with E-state index in [4.69, 9.17) is 14.6 Å². The normalized spacial score (nSPS) is 32.3. The van der Waals surface area contributed by atoms with Gasteiger partial charge in [-0.1, -0.05) is 0 Å². The smallest absolute Gasteiger partial charge is 0.330 e. The maximum absolute atomic E-state index is 13.1. The SMILES string of the molecule is C[C@H]1O[C@@H](n2cc(F)c(=O)[nH]c2=O)[C@H](O)[C@@H]1O.O=c1[nH]c(=O)n([C@@H]2O[C@H](CO)[C@@H](O)[C@H]2O)cc1F. The van der Waals surface area contributed by atoms with Gasteiger partial charge in [0.25, 0.3) is 11.1 Å². The van der Waals surface area contributed by atoms with Gasteiger partial charge in [-0.2, -0.15) is 8.78 Å². The van der Waals surface area contributed by atoms with E-state index in [2.05, 4.69) is 0 Å². The molecule has 2 aromatic rings. The first-order valence-electron chi connectivity index (χ1n) is 10.0. The molecule has 194 valence electrons. The van der Waals surface area contributed by atoms with Crippen molar-refractivity contribution in [3.05, 3.63) is 65.7 Å². The second-order valence-corrected chi connectivity index (χ2v) is 7.73. The zero-order valence-electron chi connectivity index (χ0n) is 17.8. The molecule has 2 aliphatic heterocycles. The van der Waals surface area contributed by atoms with Gasteiger partial charge in [-0.25, -0.2) is 9.59 Å². The summed E-state index contributed by atoms with van der Waals surface area (Å²) in [5.41, 5.74) is -4.24. The number of aliphatic hydroxyl groups is 5. The van der Waals surface area contributed by atoms with Crippen LogP contribution < -0.4 is 22.5 Å². The largest absolute Gasteiger partial charge is 0.394 e.